The molecule has 1 amide bonds. The smallest absolute Gasteiger partial charge is 0.242 e. The van der Waals surface area contributed by atoms with Crippen LogP contribution >= 0.6 is 0 Å². The maximum atomic E-state index is 12.5. The van der Waals surface area contributed by atoms with Gasteiger partial charge in [0.1, 0.15) is 5.82 Å². The number of nitrogens with zero attached hydrogens (tertiary/aromatic N) is 3. The number of carbonyl (C=O) groups excluding carboxylic acids is 1. The van der Waals surface area contributed by atoms with Gasteiger partial charge in [0.25, 0.3) is 0 Å². The molecule has 2 atom stereocenters. The van der Waals surface area contributed by atoms with Crippen LogP contribution in [0.15, 0.2) is 23.1 Å². The fraction of sp³-hybridized carbons (Fsp3) is 0.619. The van der Waals surface area contributed by atoms with Crippen LogP contribution in [-0.4, -0.2) is 48.3 Å². The molecule has 7 nitrogen and oxygen atoms in total. The molecule has 1 aliphatic carbocycles. The predicted octanol–water partition coefficient (Wildman–Crippen LogP) is 2.93. The van der Waals surface area contributed by atoms with Crippen molar-refractivity contribution in [2.75, 3.05) is 14.1 Å². The third-order valence-electron chi connectivity index (χ3n) is 5.93. The fourth-order valence-electron chi connectivity index (χ4n) is 4.11. The molecule has 8 heteroatoms. The largest absolute Gasteiger partial charge is 0.353 e. The summed E-state index contributed by atoms with van der Waals surface area (Å²) in [5.41, 5.74) is 1.53. The van der Waals surface area contributed by atoms with Gasteiger partial charge >= 0.3 is 0 Å². The normalized spacial score (nSPS) is 20.3. The van der Waals surface area contributed by atoms with Crippen molar-refractivity contribution in [1.82, 2.24) is 19.2 Å². The lowest BCUT2D eigenvalue weighted by Crippen LogP contribution is -2.41. The molecule has 0 bridgehead atoms. The summed E-state index contributed by atoms with van der Waals surface area (Å²) in [4.78, 5) is 17.4. The highest BCUT2D eigenvalue weighted by molar-refractivity contribution is 7.89. The van der Waals surface area contributed by atoms with Crippen LogP contribution in [0.4, 0.5) is 0 Å². The van der Waals surface area contributed by atoms with E-state index in [1.165, 1.54) is 37.7 Å². The molecule has 1 aromatic heterocycles. The summed E-state index contributed by atoms with van der Waals surface area (Å²) in [6.45, 7) is 4.95. The lowest BCUT2D eigenvalue weighted by molar-refractivity contribution is -0.122. The van der Waals surface area contributed by atoms with E-state index >= 15 is 0 Å². The Labute approximate surface area is 173 Å². The Morgan fingerprint density at radius 2 is 2.00 bits per heavy atom. The van der Waals surface area contributed by atoms with Gasteiger partial charge in [-0.25, -0.2) is 17.7 Å². The molecule has 0 saturated heterocycles. The van der Waals surface area contributed by atoms with Crippen molar-refractivity contribution in [3.8, 4) is 0 Å². The summed E-state index contributed by atoms with van der Waals surface area (Å²) in [7, 11) is -0.476. The summed E-state index contributed by atoms with van der Waals surface area (Å²) in [6, 6.07) is 5.31. The minimum atomic E-state index is -3.51. The molecular formula is C21H32N4O3S. The molecule has 0 spiro atoms. The molecule has 1 fully saturated rings. The summed E-state index contributed by atoms with van der Waals surface area (Å²) >= 11 is 0. The maximum Gasteiger partial charge on any atom is 0.242 e. The molecule has 1 N–H and O–H groups in total. The van der Waals surface area contributed by atoms with Gasteiger partial charge in [-0.15, -0.1) is 0 Å². The van der Waals surface area contributed by atoms with Crippen LogP contribution in [0.1, 0.15) is 51.8 Å². The van der Waals surface area contributed by atoms with Crippen LogP contribution in [0.5, 0.6) is 0 Å². The SMILES string of the molecule is CCn1c(CCC(=O)NC2CCCCC2C)nc2cc(S(=O)(=O)N(C)C)ccc21. The summed E-state index contributed by atoms with van der Waals surface area (Å²) in [5.74, 6) is 1.41. The van der Waals surface area contributed by atoms with Crippen molar-refractivity contribution in [3.05, 3.63) is 24.0 Å². The zero-order valence-corrected chi connectivity index (χ0v) is 18.6. The van der Waals surface area contributed by atoms with E-state index in [0.717, 1.165) is 17.8 Å². The number of amides is 1. The minimum Gasteiger partial charge on any atom is -0.353 e. The highest BCUT2D eigenvalue weighted by Crippen LogP contribution is 2.25. The van der Waals surface area contributed by atoms with Gasteiger partial charge in [-0.2, -0.15) is 0 Å². The number of aromatic nitrogens is 2. The second-order valence-corrected chi connectivity index (χ2v) is 10.3. The van der Waals surface area contributed by atoms with Gasteiger partial charge in [0.2, 0.25) is 15.9 Å². The van der Waals surface area contributed by atoms with Gasteiger partial charge in [0.05, 0.1) is 15.9 Å². The molecular weight excluding hydrogens is 388 g/mol. The standard InChI is InChI=1S/C21H32N4O3S/c1-5-25-19-11-10-16(29(27,28)24(3)4)14-18(19)22-20(25)12-13-21(26)23-17-9-7-6-8-15(17)2/h10-11,14-15,17H,5-9,12-13H2,1-4H3,(H,23,26). The highest BCUT2D eigenvalue weighted by atomic mass is 32.2. The topological polar surface area (TPSA) is 84.3 Å². The second kappa shape index (κ2) is 8.83. The number of aryl methyl sites for hydroxylation is 2. The van der Waals surface area contributed by atoms with Crippen LogP contribution in [0, 0.1) is 5.92 Å². The monoisotopic (exact) mass is 420 g/mol. The van der Waals surface area contributed by atoms with E-state index in [4.69, 9.17) is 0 Å². The van der Waals surface area contributed by atoms with Crippen molar-refractivity contribution < 1.29 is 13.2 Å². The molecule has 160 valence electrons. The molecule has 1 saturated carbocycles. The van der Waals surface area contributed by atoms with Crippen molar-refractivity contribution >= 4 is 27.0 Å². The van der Waals surface area contributed by atoms with E-state index in [9.17, 15) is 13.2 Å². The Hall–Kier alpha value is -1.93. The van der Waals surface area contributed by atoms with Crippen LogP contribution in [0.25, 0.3) is 11.0 Å². The lowest BCUT2D eigenvalue weighted by atomic mass is 9.86. The molecule has 1 heterocycles. The van der Waals surface area contributed by atoms with Gasteiger partial charge in [-0.3, -0.25) is 4.79 Å². The first-order valence-electron chi connectivity index (χ1n) is 10.4. The van der Waals surface area contributed by atoms with Crippen molar-refractivity contribution in [3.63, 3.8) is 0 Å². The summed E-state index contributed by atoms with van der Waals surface area (Å²) in [6.07, 6.45) is 5.58. The Balaban J connectivity index is 1.76. The maximum absolute atomic E-state index is 12.5. The average Bonchev–Trinajstić information content (AvgIpc) is 3.04. The number of fused-ring (bicyclic) bond motifs is 1. The highest BCUT2D eigenvalue weighted by Gasteiger charge is 2.23. The van der Waals surface area contributed by atoms with Gasteiger partial charge in [-0.1, -0.05) is 19.8 Å². The number of nitrogens with one attached hydrogen (secondary N) is 1. The molecule has 3 rings (SSSR count). The van der Waals surface area contributed by atoms with Crippen molar-refractivity contribution in [2.24, 2.45) is 5.92 Å². The van der Waals surface area contributed by atoms with E-state index in [1.54, 1.807) is 18.2 Å². The number of carbonyl (C=O) groups is 1. The molecule has 1 aromatic carbocycles. The molecule has 0 aliphatic heterocycles. The van der Waals surface area contributed by atoms with Crippen LogP contribution in [-0.2, 0) is 27.8 Å². The zero-order valence-electron chi connectivity index (χ0n) is 17.8. The van der Waals surface area contributed by atoms with Gasteiger partial charge in [0, 0.05) is 39.5 Å². The number of imidazole rings is 1. The summed E-state index contributed by atoms with van der Waals surface area (Å²) < 4.78 is 28.1. The lowest BCUT2D eigenvalue weighted by Gasteiger charge is -2.29. The molecule has 1 aliphatic rings. The number of benzene rings is 1. The van der Waals surface area contributed by atoms with Gasteiger partial charge < -0.3 is 9.88 Å². The van der Waals surface area contributed by atoms with Crippen LogP contribution < -0.4 is 5.32 Å². The minimum absolute atomic E-state index is 0.0642. The first-order valence-corrected chi connectivity index (χ1v) is 11.9. The van der Waals surface area contributed by atoms with Gasteiger partial charge in [0.15, 0.2) is 0 Å². The van der Waals surface area contributed by atoms with Crippen molar-refractivity contribution in [2.45, 2.75) is 69.9 Å². The summed E-state index contributed by atoms with van der Waals surface area (Å²) in [5, 5.41) is 3.19. The van der Waals surface area contributed by atoms with E-state index < -0.39 is 10.0 Å². The quantitative estimate of drug-likeness (QED) is 0.746. The Morgan fingerprint density at radius 1 is 1.28 bits per heavy atom. The first-order chi connectivity index (χ1) is 13.7. The van der Waals surface area contributed by atoms with Crippen molar-refractivity contribution in [1.29, 1.82) is 0 Å². The number of sulfonamides is 1. The Morgan fingerprint density at radius 3 is 2.66 bits per heavy atom. The first kappa shape index (κ1) is 21.8. The number of rotatable bonds is 7. The predicted molar refractivity (Wildman–Crippen MR) is 114 cm³/mol. The molecule has 2 aromatic rings. The van der Waals surface area contributed by atoms with E-state index in [-0.39, 0.29) is 16.8 Å². The number of hydrogen-bond acceptors (Lipinski definition) is 4. The molecule has 0 radical (unpaired) electrons. The van der Waals surface area contributed by atoms with E-state index in [1.807, 2.05) is 6.92 Å². The van der Waals surface area contributed by atoms with E-state index in [2.05, 4.69) is 21.8 Å². The van der Waals surface area contributed by atoms with E-state index in [0.29, 0.717) is 30.8 Å². The fourth-order valence-corrected chi connectivity index (χ4v) is 5.03. The van der Waals surface area contributed by atoms with Crippen LogP contribution in [0.2, 0.25) is 0 Å². The zero-order chi connectivity index (χ0) is 21.2. The molecule has 29 heavy (non-hydrogen) atoms. The Bertz CT molecular complexity index is 981. The Kier molecular flexibility index (Phi) is 6.63. The second-order valence-electron chi connectivity index (χ2n) is 8.15. The number of hydrogen-bond donors (Lipinski definition) is 1. The average molecular weight is 421 g/mol. The molecule has 2 unspecified atom stereocenters. The third kappa shape index (κ3) is 4.64. The van der Waals surface area contributed by atoms with Gasteiger partial charge in [-0.05, 0) is 43.9 Å². The van der Waals surface area contributed by atoms with Crippen LogP contribution in [0.3, 0.4) is 0 Å². The third-order valence-corrected chi connectivity index (χ3v) is 7.74.